The number of aldehydes is 1. The van der Waals surface area contributed by atoms with E-state index in [2.05, 4.69) is 32.9 Å². The highest BCUT2D eigenvalue weighted by Crippen LogP contribution is 2.18. The fourth-order valence-electron chi connectivity index (χ4n) is 1.57. The standard InChI is InChI=1S/C13H11IN2O2/c1-8-4-10(14)2-3-11(8)16-13(18)12-5-9(7-17)6-15-12/h2-7,15H,1H3,(H,16,18). The van der Waals surface area contributed by atoms with Gasteiger partial charge >= 0.3 is 0 Å². The van der Waals surface area contributed by atoms with Crippen LogP contribution in [0.25, 0.3) is 0 Å². The number of aromatic nitrogens is 1. The van der Waals surface area contributed by atoms with E-state index in [1.807, 2.05) is 25.1 Å². The summed E-state index contributed by atoms with van der Waals surface area (Å²) in [6.07, 6.45) is 2.20. The molecule has 18 heavy (non-hydrogen) atoms. The fourth-order valence-corrected chi connectivity index (χ4v) is 2.21. The molecule has 4 nitrogen and oxygen atoms in total. The topological polar surface area (TPSA) is 62.0 Å². The summed E-state index contributed by atoms with van der Waals surface area (Å²) in [5.74, 6) is -0.257. The number of rotatable bonds is 3. The van der Waals surface area contributed by atoms with Gasteiger partial charge in [0.15, 0.2) is 6.29 Å². The molecule has 1 amide bonds. The number of hydrogen-bond donors (Lipinski definition) is 2. The maximum absolute atomic E-state index is 11.9. The largest absolute Gasteiger partial charge is 0.356 e. The molecule has 0 bridgehead atoms. The quantitative estimate of drug-likeness (QED) is 0.658. The first-order valence-electron chi connectivity index (χ1n) is 5.31. The zero-order chi connectivity index (χ0) is 13.1. The second-order valence-electron chi connectivity index (χ2n) is 3.88. The number of carbonyl (C=O) groups excluding carboxylic acids is 2. The lowest BCUT2D eigenvalue weighted by molar-refractivity contribution is 0.102. The highest BCUT2D eigenvalue weighted by atomic mass is 127. The number of amides is 1. The van der Waals surface area contributed by atoms with Gasteiger partial charge in [-0.3, -0.25) is 9.59 Å². The third-order valence-electron chi connectivity index (χ3n) is 2.52. The lowest BCUT2D eigenvalue weighted by atomic mass is 10.2. The normalized spacial score (nSPS) is 10.1. The van der Waals surface area contributed by atoms with E-state index in [0.717, 1.165) is 14.8 Å². The van der Waals surface area contributed by atoms with E-state index in [-0.39, 0.29) is 5.91 Å². The molecular formula is C13H11IN2O2. The minimum absolute atomic E-state index is 0.257. The van der Waals surface area contributed by atoms with Crippen molar-refractivity contribution in [1.82, 2.24) is 4.98 Å². The molecule has 1 aromatic heterocycles. The third-order valence-corrected chi connectivity index (χ3v) is 3.19. The van der Waals surface area contributed by atoms with Crippen LogP contribution in [0.3, 0.4) is 0 Å². The summed E-state index contributed by atoms with van der Waals surface area (Å²) in [6, 6.07) is 7.29. The Balaban J connectivity index is 2.18. The van der Waals surface area contributed by atoms with Crippen LogP contribution in [0.1, 0.15) is 26.4 Å². The molecule has 0 fully saturated rings. The minimum Gasteiger partial charge on any atom is -0.356 e. The molecule has 2 rings (SSSR count). The van der Waals surface area contributed by atoms with Crippen LogP contribution in [0.2, 0.25) is 0 Å². The van der Waals surface area contributed by atoms with Crippen molar-refractivity contribution in [2.24, 2.45) is 0 Å². The van der Waals surface area contributed by atoms with Crippen molar-refractivity contribution in [2.45, 2.75) is 6.92 Å². The minimum atomic E-state index is -0.257. The molecule has 0 saturated heterocycles. The smallest absolute Gasteiger partial charge is 0.272 e. The molecule has 0 radical (unpaired) electrons. The van der Waals surface area contributed by atoms with Crippen LogP contribution in [0.15, 0.2) is 30.5 Å². The maximum Gasteiger partial charge on any atom is 0.272 e. The number of benzene rings is 1. The van der Waals surface area contributed by atoms with Crippen molar-refractivity contribution < 1.29 is 9.59 Å². The molecule has 92 valence electrons. The summed E-state index contributed by atoms with van der Waals surface area (Å²) in [4.78, 5) is 25.2. The molecule has 0 atom stereocenters. The Labute approximate surface area is 118 Å². The Kier molecular flexibility index (Phi) is 3.81. The summed E-state index contributed by atoms with van der Waals surface area (Å²) < 4.78 is 1.12. The molecule has 2 aromatic rings. The highest BCUT2D eigenvalue weighted by Gasteiger charge is 2.10. The number of aryl methyl sites for hydroxylation is 1. The van der Waals surface area contributed by atoms with E-state index in [4.69, 9.17) is 0 Å². The molecule has 0 saturated carbocycles. The first kappa shape index (κ1) is 12.8. The molecule has 1 aromatic carbocycles. The van der Waals surface area contributed by atoms with Gasteiger partial charge in [-0.25, -0.2) is 0 Å². The summed E-state index contributed by atoms with van der Waals surface area (Å²) in [7, 11) is 0. The zero-order valence-electron chi connectivity index (χ0n) is 9.66. The predicted octanol–water partition coefficient (Wildman–Crippen LogP) is 2.99. The van der Waals surface area contributed by atoms with Crippen LogP contribution in [-0.4, -0.2) is 17.2 Å². The molecule has 0 aliphatic heterocycles. The van der Waals surface area contributed by atoms with Gasteiger partial charge < -0.3 is 10.3 Å². The number of H-pyrrole nitrogens is 1. The summed E-state index contributed by atoms with van der Waals surface area (Å²) in [5, 5.41) is 2.80. The number of carbonyl (C=O) groups is 2. The lowest BCUT2D eigenvalue weighted by Gasteiger charge is -2.07. The fraction of sp³-hybridized carbons (Fsp3) is 0.0769. The number of halogens is 1. The first-order chi connectivity index (χ1) is 8.60. The van der Waals surface area contributed by atoms with Gasteiger partial charge in [-0.05, 0) is 59.3 Å². The number of anilines is 1. The second kappa shape index (κ2) is 5.34. The van der Waals surface area contributed by atoms with Gasteiger partial charge in [0.2, 0.25) is 0 Å². The summed E-state index contributed by atoms with van der Waals surface area (Å²) >= 11 is 2.22. The van der Waals surface area contributed by atoms with Crippen molar-refractivity contribution in [3.05, 3.63) is 50.9 Å². The molecule has 5 heteroatoms. The highest BCUT2D eigenvalue weighted by molar-refractivity contribution is 14.1. The predicted molar refractivity (Wildman–Crippen MR) is 78.0 cm³/mol. The van der Waals surface area contributed by atoms with E-state index in [0.29, 0.717) is 17.5 Å². The molecular weight excluding hydrogens is 343 g/mol. The van der Waals surface area contributed by atoms with Gasteiger partial charge in [0.25, 0.3) is 5.91 Å². The number of nitrogens with one attached hydrogen (secondary N) is 2. The number of aromatic amines is 1. The van der Waals surface area contributed by atoms with Crippen LogP contribution in [0.4, 0.5) is 5.69 Å². The van der Waals surface area contributed by atoms with Gasteiger partial charge in [0, 0.05) is 21.0 Å². The van der Waals surface area contributed by atoms with Gasteiger partial charge in [0.1, 0.15) is 5.69 Å². The first-order valence-corrected chi connectivity index (χ1v) is 6.39. The average molecular weight is 354 g/mol. The number of hydrogen-bond acceptors (Lipinski definition) is 2. The summed E-state index contributed by atoms with van der Waals surface area (Å²) in [5.41, 5.74) is 2.59. The molecule has 2 N–H and O–H groups in total. The van der Waals surface area contributed by atoms with Crippen molar-refractivity contribution in [1.29, 1.82) is 0 Å². The maximum atomic E-state index is 11.9. The Bertz CT molecular complexity index is 605. The average Bonchev–Trinajstić information content (AvgIpc) is 2.81. The zero-order valence-corrected chi connectivity index (χ0v) is 11.8. The SMILES string of the molecule is Cc1cc(I)ccc1NC(=O)c1cc(C=O)c[nH]1. The van der Waals surface area contributed by atoms with Crippen LogP contribution < -0.4 is 5.32 Å². The van der Waals surface area contributed by atoms with E-state index < -0.39 is 0 Å². The van der Waals surface area contributed by atoms with Crippen LogP contribution in [0, 0.1) is 10.5 Å². The van der Waals surface area contributed by atoms with Crippen LogP contribution >= 0.6 is 22.6 Å². The van der Waals surface area contributed by atoms with E-state index in [9.17, 15) is 9.59 Å². The van der Waals surface area contributed by atoms with Gasteiger partial charge in [-0.1, -0.05) is 0 Å². The van der Waals surface area contributed by atoms with Crippen LogP contribution in [-0.2, 0) is 0 Å². The molecule has 0 spiro atoms. The molecule has 0 aliphatic rings. The molecule has 1 heterocycles. The Morgan fingerprint density at radius 3 is 2.78 bits per heavy atom. The van der Waals surface area contributed by atoms with E-state index >= 15 is 0 Å². The van der Waals surface area contributed by atoms with Crippen molar-refractivity contribution in [3.8, 4) is 0 Å². The second-order valence-corrected chi connectivity index (χ2v) is 5.12. The van der Waals surface area contributed by atoms with E-state index in [1.54, 1.807) is 0 Å². The Morgan fingerprint density at radius 2 is 2.17 bits per heavy atom. The van der Waals surface area contributed by atoms with E-state index in [1.165, 1.54) is 12.3 Å². The van der Waals surface area contributed by atoms with Gasteiger partial charge in [0.05, 0.1) is 0 Å². The van der Waals surface area contributed by atoms with Crippen molar-refractivity contribution in [3.63, 3.8) is 0 Å². The monoisotopic (exact) mass is 354 g/mol. The summed E-state index contributed by atoms with van der Waals surface area (Å²) in [6.45, 7) is 1.93. The Morgan fingerprint density at radius 1 is 1.39 bits per heavy atom. The van der Waals surface area contributed by atoms with Crippen molar-refractivity contribution in [2.75, 3.05) is 5.32 Å². The van der Waals surface area contributed by atoms with Crippen molar-refractivity contribution >= 4 is 40.5 Å². The third kappa shape index (κ3) is 2.79. The van der Waals surface area contributed by atoms with Gasteiger partial charge in [-0.2, -0.15) is 0 Å². The molecule has 0 aliphatic carbocycles. The van der Waals surface area contributed by atoms with Crippen LogP contribution in [0.5, 0.6) is 0 Å². The van der Waals surface area contributed by atoms with Gasteiger partial charge in [-0.15, -0.1) is 0 Å². The lowest BCUT2D eigenvalue weighted by Crippen LogP contribution is -2.13. The molecule has 0 unspecified atom stereocenters. The Hall–Kier alpha value is -1.63.